The third kappa shape index (κ3) is 3.51. The topological polar surface area (TPSA) is 79.6 Å². The van der Waals surface area contributed by atoms with Gasteiger partial charge in [-0.05, 0) is 32.9 Å². The Labute approximate surface area is 112 Å². The van der Waals surface area contributed by atoms with Crippen LogP contribution in [0.3, 0.4) is 0 Å². The van der Waals surface area contributed by atoms with Crippen LogP contribution in [0.5, 0.6) is 0 Å². The minimum atomic E-state index is -0.725. The first kappa shape index (κ1) is 13.5. The molecule has 6 nitrogen and oxygen atoms in total. The summed E-state index contributed by atoms with van der Waals surface area (Å²) in [6.45, 7) is 6.37. The van der Waals surface area contributed by atoms with Gasteiger partial charge in [0.05, 0.1) is 17.9 Å². The van der Waals surface area contributed by atoms with E-state index in [9.17, 15) is 4.79 Å². The van der Waals surface area contributed by atoms with Gasteiger partial charge in [0.25, 0.3) is 0 Å². The van der Waals surface area contributed by atoms with Gasteiger partial charge in [-0.15, -0.1) is 0 Å². The molecule has 3 aliphatic heterocycles. The summed E-state index contributed by atoms with van der Waals surface area (Å²) in [6, 6.07) is 8.33. The Balaban J connectivity index is 0.000000151. The van der Waals surface area contributed by atoms with E-state index in [0.717, 1.165) is 6.54 Å². The second-order valence-electron chi connectivity index (χ2n) is 5.49. The van der Waals surface area contributed by atoms with Gasteiger partial charge >= 0.3 is 6.09 Å². The van der Waals surface area contributed by atoms with Crippen molar-refractivity contribution in [2.45, 2.75) is 32.5 Å². The Morgan fingerprint density at radius 1 is 1.42 bits per heavy atom. The molecule has 104 valence electrons. The van der Waals surface area contributed by atoms with E-state index in [-0.39, 0.29) is 0 Å². The Morgan fingerprint density at radius 3 is 2.53 bits per heavy atom. The number of nitrogens with two attached hydrogens (primary N) is 1. The Hall–Kier alpha value is -1.95. The van der Waals surface area contributed by atoms with Crippen LogP contribution in [0.2, 0.25) is 0 Å². The van der Waals surface area contributed by atoms with Crippen LogP contribution in [0.1, 0.15) is 20.8 Å². The number of primary amides is 1. The first-order valence-corrected chi connectivity index (χ1v) is 6.23. The Kier molecular flexibility index (Phi) is 3.53. The summed E-state index contributed by atoms with van der Waals surface area (Å²) in [6.07, 6.45) is -0.262. The molecule has 4 N–H and O–H groups in total. The number of hydrogen-bond donors (Lipinski definition) is 3. The second kappa shape index (κ2) is 4.97. The molecule has 3 aliphatic rings. The van der Waals surface area contributed by atoms with E-state index < -0.39 is 11.7 Å². The van der Waals surface area contributed by atoms with Crippen LogP contribution in [0.25, 0.3) is 0 Å². The van der Waals surface area contributed by atoms with Gasteiger partial charge in [-0.25, -0.2) is 10.2 Å². The molecule has 1 aromatic rings. The SMILES string of the molecule is CC(C)(C)OC(N)=O.c1ccc2c(c1)NC1CN2N1. The fourth-order valence-electron chi connectivity index (χ4n) is 1.92. The number of hydrogen-bond acceptors (Lipinski definition) is 5. The highest BCUT2D eigenvalue weighted by molar-refractivity contribution is 5.74. The number of benzene rings is 1. The van der Waals surface area contributed by atoms with Crippen molar-refractivity contribution in [2.75, 3.05) is 16.9 Å². The van der Waals surface area contributed by atoms with Crippen molar-refractivity contribution >= 4 is 17.5 Å². The van der Waals surface area contributed by atoms with Gasteiger partial charge in [-0.1, -0.05) is 12.1 Å². The Bertz CT molecular complexity index is 464. The Morgan fingerprint density at radius 2 is 2.05 bits per heavy atom. The molecule has 1 atom stereocenters. The molecule has 1 saturated heterocycles. The van der Waals surface area contributed by atoms with E-state index in [4.69, 9.17) is 5.73 Å². The second-order valence-corrected chi connectivity index (χ2v) is 5.49. The number of ether oxygens (including phenoxy) is 1. The lowest BCUT2D eigenvalue weighted by Gasteiger charge is -2.48. The van der Waals surface area contributed by atoms with Crippen molar-refractivity contribution in [1.29, 1.82) is 0 Å². The van der Waals surface area contributed by atoms with E-state index in [0.29, 0.717) is 6.17 Å². The van der Waals surface area contributed by atoms with Crippen LogP contribution < -0.4 is 21.5 Å². The van der Waals surface area contributed by atoms with Gasteiger partial charge in [0, 0.05) is 0 Å². The number of carbonyl (C=O) groups excluding carboxylic acids is 1. The van der Waals surface area contributed by atoms with Gasteiger partial charge in [0.1, 0.15) is 11.8 Å². The van der Waals surface area contributed by atoms with Gasteiger partial charge in [0.15, 0.2) is 0 Å². The number of rotatable bonds is 0. The molecular formula is C13H20N4O2. The number of nitrogens with one attached hydrogen (secondary N) is 2. The highest BCUT2D eigenvalue weighted by Crippen LogP contribution is 2.32. The fourth-order valence-corrected chi connectivity index (χ4v) is 1.92. The highest BCUT2D eigenvalue weighted by atomic mass is 16.6. The first-order valence-electron chi connectivity index (χ1n) is 6.23. The van der Waals surface area contributed by atoms with Crippen molar-refractivity contribution < 1.29 is 9.53 Å². The highest BCUT2D eigenvalue weighted by Gasteiger charge is 2.32. The van der Waals surface area contributed by atoms with Gasteiger partial charge in [0.2, 0.25) is 0 Å². The number of carbonyl (C=O) groups is 1. The molecular weight excluding hydrogens is 244 g/mol. The van der Waals surface area contributed by atoms with Crippen LogP contribution in [0, 0.1) is 0 Å². The van der Waals surface area contributed by atoms with Gasteiger partial charge < -0.3 is 20.8 Å². The zero-order chi connectivity index (χ0) is 14.0. The third-order valence-electron chi connectivity index (χ3n) is 2.61. The standard InChI is InChI=1S/C8H9N3.C5H11NO2/c1-2-4-7-6(3-1)9-8-5-11(7)10-8;1-5(2,3)8-4(6)7/h1-4,8-10H,5H2;1-3H3,(H2,6,7). The zero-order valence-corrected chi connectivity index (χ0v) is 11.4. The lowest BCUT2D eigenvalue weighted by molar-refractivity contribution is 0.0600. The quantitative estimate of drug-likeness (QED) is 0.664. The summed E-state index contributed by atoms with van der Waals surface area (Å²) in [5.41, 5.74) is 10.0. The van der Waals surface area contributed by atoms with E-state index >= 15 is 0 Å². The molecule has 1 unspecified atom stereocenters. The van der Waals surface area contributed by atoms with Crippen molar-refractivity contribution in [3.63, 3.8) is 0 Å². The van der Waals surface area contributed by atoms with Crippen LogP contribution in [-0.2, 0) is 4.74 Å². The summed E-state index contributed by atoms with van der Waals surface area (Å²) in [4.78, 5) is 10.0. The summed E-state index contributed by atoms with van der Waals surface area (Å²) in [5, 5.41) is 5.54. The van der Waals surface area contributed by atoms with Crippen LogP contribution >= 0.6 is 0 Å². The summed E-state index contributed by atoms with van der Waals surface area (Å²) < 4.78 is 4.58. The molecule has 1 aromatic carbocycles. The normalized spacial score (nSPS) is 19.1. The summed E-state index contributed by atoms with van der Waals surface area (Å²) in [7, 11) is 0. The smallest absolute Gasteiger partial charge is 0.405 e. The van der Waals surface area contributed by atoms with E-state index in [1.807, 2.05) is 0 Å². The van der Waals surface area contributed by atoms with Crippen molar-refractivity contribution in [2.24, 2.45) is 5.73 Å². The molecule has 0 aliphatic carbocycles. The molecule has 6 heteroatoms. The third-order valence-corrected chi connectivity index (χ3v) is 2.61. The lowest BCUT2D eigenvalue weighted by atomic mass is 10.1. The van der Waals surface area contributed by atoms with Crippen molar-refractivity contribution in [3.05, 3.63) is 24.3 Å². The maximum Gasteiger partial charge on any atom is 0.405 e. The molecule has 0 saturated carbocycles. The number of para-hydroxylation sites is 2. The molecule has 1 amide bonds. The molecule has 0 aromatic heterocycles. The lowest BCUT2D eigenvalue weighted by Crippen LogP contribution is -2.68. The maximum absolute atomic E-state index is 10.0. The molecule has 19 heavy (non-hydrogen) atoms. The van der Waals surface area contributed by atoms with Gasteiger partial charge in [-0.2, -0.15) is 0 Å². The molecule has 3 heterocycles. The average Bonchev–Trinajstić information content (AvgIpc) is 2.24. The van der Waals surface area contributed by atoms with Gasteiger partial charge in [-0.3, -0.25) is 0 Å². The number of nitrogens with zero attached hydrogens (tertiary/aromatic N) is 1. The minimum absolute atomic E-state index is 0.453. The molecule has 2 bridgehead atoms. The largest absolute Gasteiger partial charge is 0.444 e. The predicted molar refractivity (Wildman–Crippen MR) is 74.8 cm³/mol. The van der Waals surface area contributed by atoms with E-state index in [1.54, 1.807) is 20.8 Å². The number of hydrazine groups is 1. The predicted octanol–water partition coefficient (Wildman–Crippen LogP) is 1.64. The number of amides is 1. The maximum atomic E-state index is 10.0. The summed E-state index contributed by atoms with van der Waals surface area (Å²) >= 11 is 0. The molecule has 4 rings (SSSR count). The zero-order valence-electron chi connectivity index (χ0n) is 11.4. The van der Waals surface area contributed by atoms with Crippen molar-refractivity contribution in [1.82, 2.24) is 5.43 Å². The fraction of sp³-hybridized carbons (Fsp3) is 0.462. The van der Waals surface area contributed by atoms with E-state index in [2.05, 4.69) is 44.8 Å². The van der Waals surface area contributed by atoms with Crippen molar-refractivity contribution in [3.8, 4) is 0 Å². The van der Waals surface area contributed by atoms with E-state index in [1.165, 1.54) is 11.4 Å². The minimum Gasteiger partial charge on any atom is -0.444 e. The monoisotopic (exact) mass is 264 g/mol. The van der Waals surface area contributed by atoms with Crippen LogP contribution in [0.4, 0.5) is 16.2 Å². The average molecular weight is 264 g/mol. The summed E-state index contributed by atoms with van der Waals surface area (Å²) in [5.74, 6) is 0. The molecule has 1 fully saturated rings. The van der Waals surface area contributed by atoms with Crippen LogP contribution in [-0.4, -0.2) is 24.4 Å². The molecule has 0 radical (unpaired) electrons. The first-order chi connectivity index (χ1) is 8.85. The molecule has 0 spiro atoms. The number of anilines is 2. The van der Waals surface area contributed by atoms with Crippen LogP contribution in [0.15, 0.2) is 24.3 Å².